The van der Waals surface area contributed by atoms with E-state index in [0.29, 0.717) is 0 Å². The number of rotatable bonds is 7. The first-order chi connectivity index (χ1) is 14.4. The molecule has 0 radical (unpaired) electrons. The van der Waals surface area contributed by atoms with E-state index < -0.39 is 15.9 Å². The lowest BCUT2D eigenvalue weighted by molar-refractivity contribution is 0.0999. The number of carbonyl (C=O) groups excluding carboxylic acids is 1. The summed E-state index contributed by atoms with van der Waals surface area (Å²) in [4.78, 5) is 13.7. The minimum absolute atomic E-state index is 0.00628. The number of methoxy groups -OCH3 is 2. The molecule has 7 heteroatoms. The molecule has 0 saturated carbocycles. The number of amides is 1. The lowest BCUT2D eigenvalue weighted by atomic mass is 10.1. The van der Waals surface area contributed by atoms with Crippen molar-refractivity contribution < 1.29 is 22.7 Å². The van der Waals surface area contributed by atoms with Gasteiger partial charge in [-0.1, -0.05) is 43.3 Å². The quantitative estimate of drug-likeness (QED) is 0.564. The molecule has 3 aromatic carbocycles. The molecular formula is C23H23NO5S. The summed E-state index contributed by atoms with van der Waals surface area (Å²) >= 11 is 0. The van der Waals surface area contributed by atoms with Crippen LogP contribution in [0.3, 0.4) is 0 Å². The molecule has 0 N–H and O–H groups in total. The van der Waals surface area contributed by atoms with Gasteiger partial charge >= 0.3 is 0 Å². The van der Waals surface area contributed by atoms with Crippen LogP contribution >= 0.6 is 0 Å². The van der Waals surface area contributed by atoms with Crippen LogP contribution < -0.4 is 13.8 Å². The first kappa shape index (κ1) is 21.4. The summed E-state index contributed by atoms with van der Waals surface area (Å²) in [6, 6.07) is 19.5. The van der Waals surface area contributed by atoms with Crippen molar-refractivity contribution in [3.63, 3.8) is 0 Å². The molecule has 0 bridgehead atoms. The molecule has 0 aliphatic carbocycles. The van der Waals surface area contributed by atoms with Crippen LogP contribution in [0.25, 0.3) is 0 Å². The highest BCUT2D eigenvalue weighted by Gasteiger charge is 2.35. The Morgan fingerprint density at radius 2 is 1.40 bits per heavy atom. The number of hydrogen-bond acceptors (Lipinski definition) is 5. The Hall–Kier alpha value is -3.32. The summed E-state index contributed by atoms with van der Waals surface area (Å²) in [6.07, 6.45) is 0.792. The van der Waals surface area contributed by atoms with Crippen molar-refractivity contribution in [1.29, 1.82) is 0 Å². The maximum Gasteiger partial charge on any atom is 0.279 e. The fourth-order valence-electron chi connectivity index (χ4n) is 3.09. The van der Waals surface area contributed by atoms with Gasteiger partial charge < -0.3 is 9.47 Å². The summed E-state index contributed by atoms with van der Waals surface area (Å²) in [5.74, 6) is -0.326. The van der Waals surface area contributed by atoms with Gasteiger partial charge in [-0.15, -0.1) is 0 Å². The number of hydrogen-bond donors (Lipinski definition) is 0. The molecule has 30 heavy (non-hydrogen) atoms. The highest BCUT2D eigenvalue weighted by molar-refractivity contribution is 7.93. The predicted octanol–water partition coefficient (Wildman–Crippen LogP) is 4.30. The number of nitrogens with zero attached hydrogens (tertiary/aromatic N) is 1. The van der Waals surface area contributed by atoms with Gasteiger partial charge in [-0.25, -0.2) is 8.42 Å². The van der Waals surface area contributed by atoms with Crippen molar-refractivity contribution >= 4 is 21.6 Å². The lowest BCUT2D eigenvalue weighted by Gasteiger charge is -2.24. The summed E-state index contributed by atoms with van der Waals surface area (Å²) in [6.45, 7) is 2.00. The van der Waals surface area contributed by atoms with Gasteiger partial charge in [0.05, 0.1) is 24.8 Å². The molecule has 1 amide bonds. The van der Waals surface area contributed by atoms with Crippen molar-refractivity contribution in [2.75, 3.05) is 18.5 Å². The lowest BCUT2D eigenvalue weighted by Crippen LogP contribution is -2.37. The summed E-state index contributed by atoms with van der Waals surface area (Å²) in [7, 11) is -1.37. The first-order valence-corrected chi connectivity index (χ1v) is 10.8. The molecule has 0 aliphatic heterocycles. The highest BCUT2D eigenvalue weighted by atomic mass is 32.2. The molecule has 0 aromatic heterocycles. The van der Waals surface area contributed by atoms with Gasteiger partial charge in [0, 0.05) is 0 Å². The Morgan fingerprint density at radius 3 is 1.90 bits per heavy atom. The molecule has 0 saturated heterocycles. The zero-order valence-electron chi connectivity index (χ0n) is 17.0. The van der Waals surface area contributed by atoms with Crippen LogP contribution in [0.1, 0.15) is 22.8 Å². The predicted molar refractivity (Wildman–Crippen MR) is 116 cm³/mol. The van der Waals surface area contributed by atoms with E-state index in [9.17, 15) is 13.2 Å². The van der Waals surface area contributed by atoms with Crippen LogP contribution in [0, 0.1) is 0 Å². The molecule has 0 spiro atoms. The fraction of sp³-hybridized carbons (Fsp3) is 0.174. The van der Waals surface area contributed by atoms with E-state index in [1.165, 1.54) is 26.4 Å². The van der Waals surface area contributed by atoms with Gasteiger partial charge in [0.25, 0.3) is 15.9 Å². The molecule has 0 fully saturated rings. The van der Waals surface area contributed by atoms with Crippen LogP contribution in [0.4, 0.5) is 5.69 Å². The normalized spacial score (nSPS) is 11.0. The topological polar surface area (TPSA) is 72.9 Å². The highest BCUT2D eigenvalue weighted by Crippen LogP contribution is 2.34. The largest absolute Gasteiger partial charge is 0.496 e. The molecule has 3 aromatic rings. The van der Waals surface area contributed by atoms with E-state index >= 15 is 0 Å². The maximum absolute atomic E-state index is 13.7. The average molecular weight is 426 g/mol. The third-order valence-electron chi connectivity index (χ3n) is 4.69. The molecule has 156 valence electrons. The Labute approximate surface area is 176 Å². The monoisotopic (exact) mass is 425 g/mol. The maximum atomic E-state index is 13.7. The van der Waals surface area contributed by atoms with Gasteiger partial charge in [0.1, 0.15) is 17.1 Å². The second-order valence-electron chi connectivity index (χ2n) is 6.45. The van der Waals surface area contributed by atoms with Gasteiger partial charge in [0.15, 0.2) is 0 Å². The van der Waals surface area contributed by atoms with Gasteiger partial charge in [-0.05, 0) is 48.4 Å². The third-order valence-corrected chi connectivity index (χ3v) is 6.41. The Morgan fingerprint density at radius 1 is 0.833 bits per heavy atom. The number of benzene rings is 3. The SMILES string of the molecule is CCc1ccc(N(C(=O)c2c(OC)cccc2OC)S(=O)(=O)c2ccccc2)cc1. The first-order valence-electron chi connectivity index (χ1n) is 9.38. The summed E-state index contributed by atoms with van der Waals surface area (Å²) in [5.41, 5.74) is 1.29. The van der Waals surface area contributed by atoms with Crippen LogP contribution in [0.15, 0.2) is 77.7 Å². The number of anilines is 1. The zero-order chi connectivity index (χ0) is 21.7. The van der Waals surface area contributed by atoms with Crippen molar-refractivity contribution in [1.82, 2.24) is 0 Å². The van der Waals surface area contributed by atoms with Crippen molar-refractivity contribution in [2.24, 2.45) is 0 Å². The number of sulfonamides is 1. The number of aryl methyl sites for hydroxylation is 1. The molecule has 0 heterocycles. The van der Waals surface area contributed by atoms with E-state index in [2.05, 4.69) is 0 Å². The van der Waals surface area contributed by atoms with Gasteiger partial charge in [-0.3, -0.25) is 4.79 Å². The third kappa shape index (κ3) is 4.02. The van der Waals surface area contributed by atoms with Crippen LogP contribution in [0.2, 0.25) is 0 Å². The summed E-state index contributed by atoms with van der Waals surface area (Å²) in [5, 5.41) is 0. The van der Waals surface area contributed by atoms with Crippen LogP contribution in [-0.2, 0) is 16.4 Å². The van der Waals surface area contributed by atoms with E-state index in [1.807, 2.05) is 6.92 Å². The Bertz CT molecular complexity index is 1100. The Kier molecular flexibility index (Phi) is 6.42. The second-order valence-corrected chi connectivity index (χ2v) is 8.23. The van der Waals surface area contributed by atoms with Gasteiger partial charge in [-0.2, -0.15) is 4.31 Å². The van der Waals surface area contributed by atoms with Crippen molar-refractivity contribution in [3.8, 4) is 11.5 Å². The average Bonchev–Trinajstić information content (AvgIpc) is 2.79. The van der Waals surface area contributed by atoms with E-state index in [4.69, 9.17) is 9.47 Å². The Balaban J connectivity index is 2.24. The molecular weight excluding hydrogens is 402 g/mol. The molecule has 0 unspecified atom stereocenters. The minimum atomic E-state index is -4.20. The second kappa shape index (κ2) is 9.00. The van der Waals surface area contributed by atoms with E-state index in [0.717, 1.165) is 16.3 Å². The molecule has 0 atom stereocenters. The van der Waals surface area contributed by atoms with Crippen molar-refractivity contribution in [2.45, 2.75) is 18.2 Å². The number of ether oxygens (including phenoxy) is 2. The van der Waals surface area contributed by atoms with Crippen molar-refractivity contribution in [3.05, 3.63) is 83.9 Å². The minimum Gasteiger partial charge on any atom is -0.496 e. The number of carbonyl (C=O) groups is 1. The van der Waals surface area contributed by atoms with E-state index in [-0.39, 0.29) is 27.6 Å². The smallest absolute Gasteiger partial charge is 0.279 e. The standard InChI is InChI=1S/C23H23NO5S/c1-4-17-13-15-18(16-14-17)24(30(26,27)19-9-6-5-7-10-19)23(25)22-20(28-2)11-8-12-21(22)29-3/h5-16H,4H2,1-3H3. The van der Waals surface area contributed by atoms with Crippen LogP contribution in [0.5, 0.6) is 11.5 Å². The zero-order valence-corrected chi connectivity index (χ0v) is 17.8. The van der Waals surface area contributed by atoms with Gasteiger partial charge in [0.2, 0.25) is 0 Å². The summed E-state index contributed by atoms with van der Waals surface area (Å²) < 4.78 is 38.5. The van der Waals surface area contributed by atoms with E-state index in [1.54, 1.807) is 60.7 Å². The fourth-order valence-corrected chi connectivity index (χ4v) is 4.51. The molecule has 3 rings (SSSR count). The molecule has 0 aliphatic rings. The van der Waals surface area contributed by atoms with Crippen LogP contribution in [-0.4, -0.2) is 28.5 Å². The molecule has 6 nitrogen and oxygen atoms in total.